The molecule has 3 aliphatic heterocycles. The van der Waals surface area contributed by atoms with Crippen molar-refractivity contribution in [2.24, 2.45) is 17.3 Å². The van der Waals surface area contributed by atoms with Gasteiger partial charge in [-0.05, 0) is 82.6 Å². The standard InChI is InChI=1S/C30H45N3O5S/c1-7-38-20-12-10-19(11-13-20)31-25(35)22-21-14-15-30(39-21)23(22)27(37)33(16-8-9-17-34)24(30)26(36)32-29(5,6)18-28(2,3)4/h10-13,21-24,34H,7-9,14-18H2,1-6H3,(H,31,35)(H,32,36)/t21-,22+,23+,24?,30?/m1/s1. The molecule has 3 saturated heterocycles. The maximum atomic E-state index is 14.0. The molecule has 3 N–H and O–H groups in total. The van der Waals surface area contributed by atoms with Crippen molar-refractivity contribution < 1.29 is 24.2 Å². The summed E-state index contributed by atoms with van der Waals surface area (Å²) in [5, 5.41) is 15.7. The molecule has 4 rings (SSSR count). The molecule has 3 fully saturated rings. The fourth-order valence-electron chi connectivity index (χ4n) is 7.19. The van der Waals surface area contributed by atoms with E-state index in [2.05, 4.69) is 31.4 Å². The number of carbonyl (C=O) groups is 3. The molecule has 0 radical (unpaired) electrons. The highest BCUT2D eigenvalue weighted by Crippen LogP contribution is 2.66. The molecule has 9 heteroatoms. The van der Waals surface area contributed by atoms with E-state index in [0.717, 1.165) is 25.0 Å². The van der Waals surface area contributed by atoms with Gasteiger partial charge in [-0.15, -0.1) is 11.8 Å². The van der Waals surface area contributed by atoms with Gasteiger partial charge < -0.3 is 25.4 Å². The smallest absolute Gasteiger partial charge is 0.244 e. The van der Waals surface area contributed by atoms with Crippen molar-refractivity contribution in [3.8, 4) is 5.75 Å². The van der Waals surface area contributed by atoms with Crippen LogP contribution in [0.4, 0.5) is 5.69 Å². The Morgan fingerprint density at radius 2 is 1.82 bits per heavy atom. The van der Waals surface area contributed by atoms with E-state index < -0.39 is 28.2 Å². The molecule has 0 aromatic heterocycles. The van der Waals surface area contributed by atoms with Crippen LogP contribution in [0, 0.1) is 17.3 Å². The highest BCUT2D eigenvalue weighted by molar-refractivity contribution is 8.02. The molecule has 1 aromatic carbocycles. The molecule has 5 atom stereocenters. The number of carbonyl (C=O) groups excluding carboxylic acids is 3. The van der Waals surface area contributed by atoms with Crippen LogP contribution in [-0.4, -0.2) is 69.1 Å². The number of hydrogen-bond acceptors (Lipinski definition) is 6. The number of aliphatic hydroxyl groups excluding tert-OH is 1. The van der Waals surface area contributed by atoms with Gasteiger partial charge in [0.1, 0.15) is 11.8 Å². The molecule has 0 saturated carbocycles. The number of thioether (sulfide) groups is 1. The summed E-state index contributed by atoms with van der Waals surface area (Å²) in [6, 6.07) is 6.62. The predicted octanol–water partition coefficient (Wildman–Crippen LogP) is 4.22. The fourth-order valence-corrected chi connectivity index (χ4v) is 9.41. The Kier molecular flexibility index (Phi) is 8.62. The molecule has 8 nitrogen and oxygen atoms in total. The van der Waals surface area contributed by atoms with E-state index >= 15 is 0 Å². The van der Waals surface area contributed by atoms with Crippen LogP contribution in [0.15, 0.2) is 24.3 Å². The second-order valence-electron chi connectivity index (χ2n) is 13.1. The first kappa shape index (κ1) is 29.7. The number of likely N-dealkylation sites (tertiary alicyclic amines) is 1. The zero-order valence-electron chi connectivity index (χ0n) is 24.2. The Labute approximate surface area is 237 Å². The molecule has 39 heavy (non-hydrogen) atoms. The van der Waals surface area contributed by atoms with E-state index in [1.165, 1.54) is 0 Å². The number of hydrogen-bond donors (Lipinski definition) is 3. The lowest BCUT2D eigenvalue weighted by Gasteiger charge is -2.38. The second kappa shape index (κ2) is 11.3. The molecule has 3 aliphatic rings. The fraction of sp³-hybridized carbons (Fsp3) is 0.700. The number of amides is 3. The van der Waals surface area contributed by atoms with Gasteiger partial charge >= 0.3 is 0 Å². The molecule has 1 spiro atoms. The molecule has 3 amide bonds. The van der Waals surface area contributed by atoms with Gasteiger partial charge in [-0.3, -0.25) is 14.4 Å². The van der Waals surface area contributed by atoms with Crippen LogP contribution in [0.25, 0.3) is 0 Å². The van der Waals surface area contributed by atoms with Crippen molar-refractivity contribution in [1.82, 2.24) is 10.2 Å². The van der Waals surface area contributed by atoms with Crippen LogP contribution in [0.3, 0.4) is 0 Å². The van der Waals surface area contributed by atoms with Crippen LogP contribution in [0.2, 0.25) is 0 Å². The Morgan fingerprint density at radius 1 is 1.13 bits per heavy atom. The van der Waals surface area contributed by atoms with Gasteiger partial charge in [0.25, 0.3) is 0 Å². The highest BCUT2D eigenvalue weighted by Gasteiger charge is 2.73. The number of ether oxygens (including phenoxy) is 1. The number of anilines is 1. The molecule has 216 valence electrons. The Morgan fingerprint density at radius 3 is 2.44 bits per heavy atom. The first-order valence-electron chi connectivity index (χ1n) is 14.3. The summed E-state index contributed by atoms with van der Waals surface area (Å²) in [5.74, 6) is -0.713. The van der Waals surface area contributed by atoms with Crippen molar-refractivity contribution in [2.75, 3.05) is 25.1 Å². The maximum absolute atomic E-state index is 14.0. The Balaban J connectivity index is 1.59. The van der Waals surface area contributed by atoms with Gasteiger partial charge in [-0.25, -0.2) is 0 Å². The van der Waals surface area contributed by atoms with Crippen molar-refractivity contribution >= 4 is 35.2 Å². The van der Waals surface area contributed by atoms with Crippen molar-refractivity contribution in [3.05, 3.63) is 24.3 Å². The third kappa shape index (κ3) is 6.09. The first-order valence-corrected chi connectivity index (χ1v) is 15.1. The number of rotatable bonds is 11. The van der Waals surface area contributed by atoms with Crippen LogP contribution >= 0.6 is 11.8 Å². The lowest BCUT2D eigenvalue weighted by molar-refractivity contribution is -0.139. The summed E-state index contributed by atoms with van der Waals surface area (Å²) in [7, 11) is 0. The number of aliphatic hydroxyl groups is 1. The van der Waals surface area contributed by atoms with Gasteiger partial charge in [-0.1, -0.05) is 20.8 Å². The van der Waals surface area contributed by atoms with E-state index in [1.807, 2.05) is 45.0 Å². The van der Waals surface area contributed by atoms with Gasteiger partial charge in [0.15, 0.2) is 0 Å². The van der Waals surface area contributed by atoms with Crippen LogP contribution < -0.4 is 15.4 Å². The van der Waals surface area contributed by atoms with E-state index in [0.29, 0.717) is 31.7 Å². The molecule has 0 aliphatic carbocycles. The average molecular weight is 560 g/mol. The summed E-state index contributed by atoms with van der Waals surface area (Å²) < 4.78 is 4.88. The van der Waals surface area contributed by atoms with E-state index in [9.17, 15) is 19.5 Å². The monoisotopic (exact) mass is 559 g/mol. The molecular formula is C30H45N3O5S. The second-order valence-corrected chi connectivity index (χ2v) is 14.7. The lowest BCUT2D eigenvalue weighted by Crippen LogP contribution is -2.58. The topological polar surface area (TPSA) is 108 Å². The van der Waals surface area contributed by atoms with E-state index in [1.54, 1.807) is 16.7 Å². The molecular weight excluding hydrogens is 514 g/mol. The largest absolute Gasteiger partial charge is 0.494 e. The number of nitrogens with one attached hydrogen (secondary N) is 2. The Bertz CT molecular complexity index is 1070. The minimum atomic E-state index is -0.633. The van der Waals surface area contributed by atoms with Gasteiger partial charge in [0.05, 0.1) is 23.2 Å². The minimum absolute atomic E-state index is 0.000810. The van der Waals surface area contributed by atoms with Gasteiger partial charge in [0.2, 0.25) is 17.7 Å². The van der Waals surface area contributed by atoms with Crippen molar-refractivity contribution in [1.29, 1.82) is 0 Å². The van der Waals surface area contributed by atoms with E-state index in [-0.39, 0.29) is 35.0 Å². The summed E-state index contributed by atoms with van der Waals surface area (Å²) in [6.07, 6.45) is 3.49. The summed E-state index contributed by atoms with van der Waals surface area (Å²) in [6.45, 7) is 13.4. The van der Waals surface area contributed by atoms with Crippen LogP contribution in [-0.2, 0) is 14.4 Å². The van der Waals surface area contributed by atoms with Gasteiger partial charge in [0, 0.05) is 29.6 Å². The molecule has 2 unspecified atom stereocenters. The van der Waals surface area contributed by atoms with Gasteiger partial charge in [-0.2, -0.15) is 0 Å². The average Bonchev–Trinajstić information content (AvgIpc) is 3.46. The van der Waals surface area contributed by atoms with E-state index in [4.69, 9.17) is 4.74 Å². The number of benzene rings is 1. The minimum Gasteiger partial charge on any atom is -0.494 e. The van der Waals surface area contributed by atoms with Crippen molar-refractivity contribution in [3.63, 3.8) is 0 Å². The summed E-state index contributed by atoms with van der Waals surface area (Å²) >= 11 is 1.67. The third-order valence-corrected chi connectivity index (χ3v) is 9.98. The van der Waals surface area contributed by atoms with Crippen LogP contribution in [0.1, 0.15) is 73.6 Å². The first-order chi connectivity index (χ1) is 18.3. The molecule has 3 heterocycles. The summed E-state index contributed by atoms with van der Waals surface area (Å²) in [4.78, 5) is 43.5. The predicted molar refractivity (Wildman–Crippen MR) is 155 cm³/mol. The third-order valence-electron chi connectivity index (χ3n) is 8.03. The zero-order valence-corrected chi connectivity index (χ0v) is 25.0. The zero-order chi connectivity index (χ0) is 28.6. The lowest BCUT2D eigenvalue weighted by atomic mass is 9.70. The number of nitrogens with zero attached hydrogens (tertiary/aromatic N) is 1. The highest BCUT2D eigenvalue weighted by atomic mass is 32.2. The Hall–Kier alpha value is -2.26. The maximum Gasteiger partial charge on any atom is 0.244 e. The normalized spacial score (nSPS) is 28.0. The number of unbranched alkanes of at least 4 members (excludes halogenated alkanes) is 1. The molecule has 1 aromatic rings. The SMILES string of the molecule is CCOc1ccc(NC(=O)[C@@H]2[C@H]3C(=O)N(CCCCO)C(C(=O)NC(C)(C)CC(C)(C)C)C34CC[C@H]2S4)cc1. The quantitative estimate of drug-likeness (QED) is 0.351. The van der Waals surface area contributed by atoms with Crippen molar-refractivity contribution in [2.45, 2.75) is 95.2 Å². The van der Waals surface area contributed by atoms with Crippen LogP contribution in [0.5, 0.6) is 5.75 Å². The molecule has 2 bridgehead atoms. The number of fused-ring (bicyclic) bond motifs is 1. The summed E-state index contributed by atoms with van der Waals surface area (Å²) in [5.41, 5.74) is 0.234.